The highest BCUT2D eigenvalue weighted by molar-refractivity contribution is 7.80. The van der Waals surface area contributed by atoms with Gasteiger partial charge in [0.05, 0.1) is 0 Å². The number of hydrogen-bond acceptors (Lipinski definition) is 4. The van der Waals surface area contributed by atoms with Gasteiger partial charge in [-0.1, -0.05) is 60.7 Å². The van der Waals surface area contributed by atoms with E-state index in [1.807, 2.05) is 54.6 Å². The van der Waals surface area contributed by atoms with Crippen LogP contribution >= 0.6 is 24.4 Å². The lowest BCUT2D eigenvalue weighted by atomic mass is 10.2. The Morgan fingerprint density at radius 3 is 1.81 bits per heavy atom. The number of ether oxygens (including phenoxy) is 1. The first-order chi connectivity index (χ1) is 10.1. The number of nitriles is 1. The molecule has 21 heavy (non-hydrogen) atoms. The first-order valence-electron chi connectivity index (χ1n) is 6.02. The molecule has 106 valence electrons. The summed E-state index contributed by atoms with van der Waals surface area (Å²) in [7, 11) is 0. The van der Waals surface area contributed by atoms with Gasteiger partial charge in [-0.25, -0.2) is 0 Å². The molecule has 0 aliphatic carbocycles. The Balaban J connectivity index is 0.000000219. The van der Waals surface area contributed by atoms with E-state index in [1.165, 1.54) is 0 Å². The monoisotopic (exact) mass is 315 g/mol. The topological polar surface area (TPSA) is 53.2 Å². The van der Waals surface area contributed by atoms with Crippen LogP contribution < -0.4 is 0 Å². The van der Waals surface area contributed by atoms with Crippen LogP contribution in [0, 0.1) is 11.3 Å². The fourth-order valence-electron chi connectivity index (χ4n) is 1.34. The van der Waals surface area contributed by atoms with E-state index < -0.39 is 0 Å². The lowest BCUT2D eigenvalue weighted by molar-refractivity contribution is 0.367. The van der Waals surface area contributed by atoms with Gasteiger partial charge in [-0.15, -0.1) is 0 Å². The Labute approximate surface area is 134 Å². The van der Waals surface area contributed by atoms with Gasteiger partial charge in [-0.2, -0.15) is 5.26 Å². The molecule has 0 atom stereocenters. The van der Waals surface area contributed by atoms with Gasteiger partial charge >= 0.3 is 0 Å². The standard InChI is InChI=1S/C9H7NOS.C7H6OS/c10-6-7-11-9(12)8-4-2-1-3-5-8;8-7(9)6-4-2-1-3-5-6/h1-5H,7H2;1-5H,(H,8,9). The maximum Gasteiger partial charge on any atom is 0.192 e. The zero-order valence-electron chi connectivity index (χ0n) is 11.1. The first kappa shape index (κ1) is 16.8. The highest BCUT2D eigenvalue weighted by Gasteiger charge is 1.98. The van der Waals surface area contributed by atoms with E-state index in [2.05, 4.69) is 12.2 Å². The molecule has 0 spiro atoms. The highest BCUT2D eigenvalue weighted by atomic mass is 32.1. The molecule has 0 aliphatic rings. The number of aliphatic hydroxyl groups excluding tert-OH is 1. The quantitative estimate of drug-likeness (QED) is 0.873. The molecular formula is C16H13NO2S2. The zero-order valence-corrected chi connectivity index (χ0v) is 12.7. The third-order valence-electron chi connectivity index (χ3n) is 2.30. The molecule has 0 bridgehead atoms. The summed E-state index contributed by atoms with van der Waals surface area (Å²) in [4.78, 5) is 0. The van der Waals surface area contributed by atoms with Crippen molar-refractivity contribution in [1.82, 2.24) is 0 Å². The molecule has 0 amide bonds. The fraction of sp³-hybridized carbons (Fsp3) is 0.0625. The van der Waals surface area contributed by atoms with E-state index in [-0.39, 0.29) is 11.7 Å². The van der Waals surface area contributed by atoms with Crippen LogP contribution in [0.25, 0.3) is 0 Å². The molecule has 0 fully saturated rings. The van der Waals surface area contributed by atoms with Crippen LogP contribution in [0.15, 0.2) is 60.7 Å². The van der Waals surface area contributed by atoms with Crippen molar-refractivity contribution >= 4 is 34.5 Å². The van der Waals surface area contributed by atoms with Gasteiger partial charge in [-0.3, -0.25) is 0 Å². The molecule has 2 aromatic carbocycles. The number of nitrogens with zero attached hydrogens (tertiary/aromatic N) is 1. The molecule has 0 saturated carbocycles. The predicted octanol–water partition coefficient (Wildman–Crippen LogP) is 3.82. The minimum absolute atomic E-state index is 0.00767. The number of rotatable bonds is 3. The molecule has 0 aromatic heterocycles. The Morgan fingerprint density at radius 1 is 0.952 bits per heavy atom. The van der Waals surface area contributed by atoms with E-state index in [9.17, 15) is 0 Å². The van der Waals surface area contributed by atoms with Gasteiger partial charge in [0.2, 0.25) is 0 Å². The van der Waals surface area contributed by atoms with Crippen molar-refractivity contribution in [2.24, 2.45) is 0 Å². The summed E-state index contributed by atoms with van der Waals surface area (Å²) >= 11 is 9.43. The minimum Gasteiger partial charge on any atom is -0.499 e. The summed E-state index contributed by atoms with van der Waals surface area (Å²) in [5.41, 5.74) is 1.54. The summed E-state index contributed by atoms with van der Waals surface area (Å²) < 4.78 is 4.95. The van der Waals surface area contributed by atoms with E-state index in [4.69, 9.17) is 27.3 Å². The van der Waals surface area contributed by atoms with Crippen LogP contribution in [0.2, 0.25) is 0 Å². The maximum absolute atomic E-state index is 8.76. The van der Waals surface area contributed by atoms with E-state index in [0.29, 0.717) is 10.6 Å². The lowest BCUT2D eigenvalue weighted by Crippen LogP contribution is -2.02. The Hall–Kier alpha value is -2.29. The van der Waals surface area contributed by atoms with Gasteiger partial charge in [0.15, 0.2) is 16.7 Å². The molecule has 0 unspecified atom stereocenters. The minimum atomic E-state index is -0.0457. The van der Waals surface area contributed by atoms with Crippen LogP contribution in [-0.2, 0) is 4.74 Å². The molecule has 0 heterocycles. The van der Waals surface area contributed by atoms with Crippen LogP contribution in [0.1, 0.15) is 11.1 Å². The maximum atomic E-state index is 8.76. The number of benzene rings is 2. The molecule has 3 nitrogen and oxygen atoms in total. The second-order valence-corrected chi connectivity index (χ2v) is 4.53. The van der Waals surface area contributed by atoms with Gasteiger partial charge in [0.25, 0.3) is 0 Å². The molecule has 0 aliphatic heterocycles. The fourth-order valence-corrected chi connectivity index (χ4v) is 1.67. The van der Waals surface area contributed by atoms with Crippen LogP contribution in [0.3, 0.4) is 0 Å². The summed E-state index contributed by atoms with van der Waals surface area (Å²) in [5, 5.41) is 17.3. The summed E-state index contributed by atoms with van der Waals surface area (Å²) in [6, 6.07) is 20.3. The van der Waals surface area contributed by atoms with Crippen molar-refractivity contribution < 1.29 is 9.84 Å². The number of hydrogen-bond donors (Lipinski definition) is 1. The van der Waals surface area contributed by atoms with Crippen molar-refractivity contribution in [2.45, 2.75) is 0 Å². The van der Waals surface area contributed by atoms with Crippen molar-refractivity contribution in [3.05, 3.63) is 71.8 Å². The number of thiocarbonyl (C=S) groups is 2. The summed E-state index contributed by atoms with van der Waals surface area (Å²) in [5.74, 6) is 0. The predicted molar refractivity (Wildman–Crippen MR) is 90.5 cm³/mol. The third kappa shape index (κ3) is 6.61. The van der Waals surface area contributed by atoms with Gasteiger partial charge in [0, 0.05) is 11.1 Å². The van der Waals surface area contributed by atoms with Crippen molar-refractivity contribution in [1.29, 1.82) is 5.26 Å². The summed E-state index contributed by atoms with van der Waals surface area (Å²) in [6.07, 6.45) is 0. The normalized spacial score (nSPS) is 8.71. The molecule has 0 saturated heterocycles. The SMILES string of the molecule is N#CCOC(=S)c1ccccc1.OC(=S)c1ccccc1. The third-order valence-corrected chi connectivity index (χ3v) is 2.89. The van der Waals surface area contributed by atoms with Crippen LogP contribution in [0.4, 0.5) is 0 Å². The van der Waals surface area contributed by atoms with Gasteiger partial charge in [0.1, 0.15) is 6.07 Å². The average Bonchev–Trinajstić information content (AvgIpc) is 2.55. The molecule has 1 N–H and O–H groups in total. The van der Waals surface area contributed by atoms with Crippen molar-refractivity contribution in [3.8, 4) is 6.07 Å². The molecule has 2 aromatic rings. The number of aliphatic hydroxyl groups is 1. The smallest absolute Gasteiger partial charge is 0.192 e. The molecule has 5 heteroatoms. The largest absolute Gasteiger partial charge is 0.499 e. The van der Waals surface area contributed by atoms with Crippen LogP contribution in [0.5, 0.6) is 0 Å². The van der Waals surface area contributed by atoms with Crippen molar-refractivity contribution in [3.63, 3.8) is 0 Å². The summed E-state index contributed by atoms with van der Waals surface area (Å²) in [6.45, 7) is 0.00767. The highest BCUT2D eigenvalue weighted by Crippen LogP contribution is 2.01. The van der Waals surface area contributed by atoms with Crippen molar-refractivity contribution in [2.75, 3.05) is 6.61 Å². The van der Waals surface area contributed by atoms with E-state index in [0.717, 1.165) is 5.56 Å². The van der Waals surface area contributed by atoms with Crippen LogP contribution in [-0.4, -0.2) is 21.8 Å². The second-order valence-electron chi connectivity index (χ2n) is 3.77. The Bertz CT molecular complexity index is 622. The second kappa shape index (κ2) is 9.59. The molecular weight excluding hydrogens is 302 g/mol. The average molecular weight is 315 g/mol. The Morgan fingerprint density at radius 2 is 1.43 bits per heavy atom. The molecule has 0 radical (unpaired) electrons. The first-order valence-corrected chi connectivity index (χ1v) is 6.84. The van der Waals surface area contributed by atoms with Gasteiger partial charge in [-0.05, 0) is 24.4 Å². The Kier molecular flexibility index (Phi) is 7.65. The van der Waals surface area contributed by atoms with Gasteiger partial charge < -0.3 is 9.84 Å². The van der Waals surface area contributed by atoms with E-state index >= 15 is 0 Å². The zero-order chi connectivity index (χ0) is 15.5. The van der Waals surface area contributed by atoms with E-state index in [1.54, 1.807) is 12.1 Å². The molecule has 2 rings (SSSR count). The lowest BCUT2D eigenvalue weighted by Gasteiger charge is -2.01.